The van der Waals surface area contributed by atoms with Crippen LogP contribution in [0.3, 0.4) is 0 Å². The van der Waals surface area contributed by atoms with Gasteiger partial charge in [-0.15, -0.1) is 0 Å². The Morgan fingerprint density at radius 1 is 0.585 bits per heavy atom. The van der Waals surface area contributed by atoms with E-state index in [1.807, 2.05) is 0 Å². The summed E-state index contributed by atoms with van der Waals surface area (Å²) in [7, 11) is 0. The summed E-state index contributed by atoms with van der Waals surface area (Å²) in [4.78, 5) is 45.4. The van der Waals surface area contributed by atoms with Gasteiger partial charge in [0.2, 0.25) is 0 Å². The number of thiocarbonyl (C=S) groups is 2. The lowest BCUT2D eigenvalue weighted by molar-refractivity contribution is -0.146. The number of thioether (sulfide) groups is 4. The number of aliphatic hydroxyl groups excluding tert-OH is 4. The molecule has 0 fully saturated rings. The van der Waals surface area contributed by atoms with Crippen LogP contribution in [0.4, 0.5) is 0 Å². The Kier molecular flexibility index (Phi) is 23.3. The van der Waals surface area contributed by atoms with Crippen molar-refractivity contribution in [2.45, 2.75) is 80.8 Å². The molecule has 0 unspecified atom stereocenters. The summed E-state index contributed by atoms with van der Waals surface area (Å²) in [5.41, 5.74) is 0. The standard InChI is InChI=1S/C13H22O5S3.C9H14O4S3.C2H6O2/c1-12(2,9(16)5-6-14)20-11(19)21-13(3,4)10(17)18-8-7-15;1-8(2,5(10)11)15-7(14)16-9(3,4)6(12)13;3-1-2-4/h14-15H,5-8H2,1-4H3;1-4H3,(H,10,11)(H,12,13);3-4H,1-2H2. The second-order valence-corrected chi connectivity index (χ2v) is 18.7. The van der Waals surface area contributed by atoms with Crippen molar-refractivity contribution in [2.75, 3.05) is 33.0 Å². The van der Waals surface area contributed by atoms with E-state index in [-0.39, 0.29) is 45.2 Å². The lowest BCUT2D eigenvalue weighted by atomic mass is 10.1. The third-order valence-corrected chi connectivity index (χ3v) is 9.76. The predicted molar refractivity (Wildman–Crippen MR) is 176 cm³/mol. The zero-order valence-electron chi connectivity index (χ0n) is 24.4. The van der Waals surface area contributed by atoms with Gasteiger partial charge in [0.05, 0.1) is 31.2 Å². The Labute approximate surface area is 269 Å². The maximum atomic E-state index is 11.9. The van der Waals surface area contributed by atoms with E-state index in [2.05, 4.69) is 0 Å². The van der Waals surface area contributed by atoms with Gasteiger partial charge in [0, 0.05) is 6.42 Å². The zero-order valence-corrected chi connectivity index (χ0v) is 29.3. The zero-order chi connectivity index (χ0) is 33.2. The first kappa shape index (κ1) is 44.9. The van der Waals surface area contributed by atoms with Crippen LogP contribution in [0.25, 0.3) is 0 Å². The number of Topliss-reactive ketones (excluding diaryl/α,β-unsaturated/α-hetero) is 1. The smallest absolute Gasteiger partial charge is 0.322 e. The molecule has 6 N–H and O–H groups in total. The number of aliphatic hydroxyl groups is 4. The molecule has 0 aliphatic heterocycles. The van der Waals surface area contributed by atoms with Crippen molar-refractivity contribution in [3.05, 3.63) is 0 Å². The number of carboxylic acid groups (broad SMARTS) is 2. The van der Waals surface area contributed by atoms with Gasteiger partial charge in [-0.2, -0.15) is 0 Å². The van der Waals surface area contributed by atoms with Crippen molar-refractivity contribution in [3.8, 4) is 0 Å². The van der Waals surface area contributed by atoms with Gasteiger partial charge in [-0.25, -0.2) is 0 Å². The van der Waals surface area contributed by atoms with Gasteiger partial charge in [0.15, 0.2) is 5.78 Å². The molecule has 0 aromatic heterocycles. The highest BCUT2D eigenvalue weighted by molar-refractivity contribution is 8.48. The highest BCUT2D eigenvalue weighted by Gasteiger charge is 2.36. The highest BCUT2D eigenvalue weighted by atomic mass is 32.2. The summed E-state index contributed by atoms with van der Waals surface area (Å²) in [6.07, 6.45) is 0.0786. The van der Waals surface area contributed by atoms with Crippen LogP contribution >= 0.6 is 71.5 Å². The van der Waals surface area contributed by atoms with Gasteiger partial charge < -0.3 is 35.4 Å². The summed E-state index contributed by atoms with van der Waals surface area (Å²) >= 11 is 14.5. The fraction of sp³-hybridized carbons (Fsp3) is 0.750. The highest BCUT2D eigenvalue weighted by Crippen LogP contribution is 2.38. The van der Waals surface area contributed by atoms with E-state index in [1.54, 1.807) is 27.7 Å². The molecule has 0 radical (unpaired) electrons. The maximum Gasteiger partial charge on any atom is 0.322 e. The summed E-state index contributed by atoms with van der Waals surface area (Å²) in [6, 6.07) is 0. The second kappa shape index (κ2) is 21.2. The van der Waals surface area contributed by atoms with Crippen LogP contribution in [0.2, 0.25) is 0 Å². The van der Waals surface area contributed by atoms with E-state index in [1.165, 1.54) is 39.5 Å². The van der Waals surface area contributed by atoms with Crippen LogP contribution in [-0.2, 0) is 23.9 Å². The van der Waals surface area contributed by atoms with Crippen LogP contribution < -0.4 is 0 Å². The van der Waals surface area contributed by atoms with E-state index in [9.17, 15) is 19.2 Å². The quantitative estimate of drug-likeness (QED) is 0.121. The topological polar surface area (TPSA) is 199 Å². The lowest BCUT2D eigenvalue weighted by Crippen LogP contribution is -2.33. The van der Waals surface area contributed by atoms with Crippen LogP contribution in [0.5, 0.6) is 0 Å². The molecule has 0 saturated carbocycles. The summed E-state index contributed by atoms with van der Waals surface area (Å²) in [5, 5.41) is 50.5. The van der Waals surface area contributed by atoms with Gasteiger partial charge >= 0.3 is 17.9 Å². The molecule has 0 bridgehead atoms. The number of carbonyl (C=O) groups is 4. The molecular formula is C24H42O11S6. The Hall–Kier alpha value is -0.500. The fourth-order valence-corrected chi connectivity index (χ4v) is 9.31. The van der Waals surface area contributed by atoms with Gasteiger partial charge in [0.1, 0.15) is 27.9 Å². The van der Waals surface area contributed by atoms with Crippen molar-refractivity contribution in [1.82, 2.24) is 0 Å². The molecule has 0 aromatic carbocycles. The number of carboxylic acids is 2. The van der Waals surface area contributed by atoms with Gasteiger partial charge in [0.25, 0.3) is 0 Å². The number of rotatable bonds is 13. The fourth-order valence-electron chi connectivity index (χ4n) is 1.78. The predicted octanol–water partition coefficient (Wildman–Crippen LogP) is 3.22. The monoisotopic (exact) mass is 698 g/mol. The SMILES string of the molecule is CC(C)(SC(=S)SC(C)(C)C(=O)O)C(=O)O.CC(C)(SC(=S)SC(C)(C)C(=O)OCCO)C(=O)CCO.OCCO. The van der Waals surface area contributed by atoms with E-state index in [4.69, 9.17) is 59.8 Å². The molecule has 11 nitrogen and oxygen atoms in total. The van der Waals surface area contributed by atoms with Crippen LogP contribution in [0.15, 0.2) is 0 Å². The van der Waals surface area contributed by atoms with Crippen molar-refractivity contribution in [1.29, 1.82) is 0 Å². The number of hydrogen-bond donors (Lipinski definition) is 6. The Morgan fingerprint density at radius 2 is 0.927 bits per heavy atom. The molecule has 0 aromatic rings. The van der Waals surface area contributed by atoms with Crippen molar-refractivity contribution in [2.24, 2.45) is 0 Å². The summed E-state index contributed by atoms with van der Waals surface area (Å²) < 4.78 is 1.94. The van der Waals surface area contributed by atoms with Crippen LogP contribution in [0.1, 0.15) is 61.8 Å². The molecule has 0 aliphatic rings. The number of ether oxygens (including phenoxy) is 1. The largest absolute Gasteiger partial charge is 0.480 e. The van der Waals surface area contributed by atoms with E-state index in [0.717, 1.165) is 35.3 Å². The molecule has 240 valence electrons. The summed E-state index contributed by atoms with van der Waals surface area (Å²) in [6.45, 7) is 12.2. The minimum Gasteiger partial charge on any atom is -0.480 e. The number of carbonyl (C=O) groups excluding carboxylic acids is 2. The minimum absolute atomic E-state index is 0.0524. The second-order valence-electron chi connectivity index (χ2n) is 9.76. The molecule has 0 saturated heterocycles. The van der Waals surface area contributed by atoms with E-state index < -0.39 is 36.9 Å². The average Bonchev–Trinajstić information content (AvgIpc) is 2.81. The molecular weight excluding hydrogens is 657 g/mol. The Bertz CT molecular complexity index is 857. The first-order valence-corrected chi connectivity index (χ1v) is 16.0. The third kappa shape index (κ3) is 20.9. The number of aliphatic carboxylic acids is 2. The summed E-state index contributed by atoms with van der Waals surface area (Å²) in [5.74, 6) is -2.52. The molecule has 0 spiro atoms. The van der Waals surface area contributed by atoms with E-state index >= 15 is 0 Å². The third-order valence-electron chi connectivity index (χ3n) is 4.31. The molecule has 0 heterocycles. The molecule has 41 heavy (non-hydrogen) atoms. The Balaban J connectivity index is -0.000000639. The molecule has 0 rings (SSSR count). The lowest BCUT2D eigenvalue weighted by Gasteiger charge is -2.26. The molecule has 0 atom stereocenters. The molecule has 0 amide bonds. The van der Waals surface area contributed by atoms with E-state index in [0.29, 0.717) is 7.06 Å². The first-order chi connectivity index (χ1) is 18.5. The normalized spacial score (nSPS) is 11.7. The molecule has 17 heteroatoms. The number of hydrogen-bond acceptors (Lipinski definition) is 15. The molecule has 0 aliphatic carbocycles. The van der Waals surface area contributed by atoms with Crippen LogP contribution in [-0.4, -0.2) is 113 Å². The van der Waals surface area contributed by atoms with Gasteiger partial charge in [-0.05, 0) is 55.4 Å². The van der Waals surface area contributed by atoms with Gasteiger partial charge in [-0.3, -0.25) is 19.2 Å². The van der Waals surface area contributed by atoms with Crippen molar-refractivity contribution < 1.29 is 54.6 Å². The van der Waals surface area contributed by atoms with Gasteiger partial charge in [-0.1, -0.05) is 71.5 Å². The minimum atomic E-state index is -1.04. The number of ketones is 1. The van der Waals surface area contributed by atoms with Crippen LogP contribution in [0, 0.1) is 0 Å². The first-order valence-electron chi connectivity index (χ1n) is 11.9. The maximum absolute atomic E-state index is 11.9. The average molecular weight is 699 g/mol. The van der Waals surface area contributed by atoms with Crippen molar-refractivity contribution >= 4 is 102 Å². The Morgan fingerprint density at radius 3 is 1.22 bits per heavy atom. The number of esters is 1. The van der Waals surface area contributed by atoms with Crippen molar-refractivity contribution in [3.63, 3.8) is 0 Å².